The lowest BCUT2D eigenvalue weighted by atomic mass is 10.0. The molecule has 0 aliphatic heterocycles. The van der Waals surface area contributed by atoms with Crippen LogP contribution in [0.1, 0.15) is 361 Å². The minimum atomic E-state index is -4.65. The van der Waals surface area contributed by atoms with Crippen molar-refractivity contribution in [2.45, 2.75) is 367 Å². The summed E-state index contributed by atoms with van der Waals surface area (Å²) in [5, 5.41) is 0. The Balaban J connectivity index is 3.95. The fraction of sp³-hybridized carbons (Fsp3) is 0.780. The average Bonchev–Trinajstić information content (AvgIpc) is 2.14. The van der Waals surface area contributed by atoms with Crippen LogP contribution in [0.3, 0.4) is 0 Å². The van der Waals surface area contributed by atoms with E-state index in [9.17, 15) is 19.0 Å². The van der Waals surface area contributed by atoms with Gasteiger partial charge in [-0.15, -0.1) is 0 Å². The molecule has 2 unspecified atom stereocenters. The van der Waals surface area contributed by atoms with Crippen molar-refractivity contribution in [3.63, 3.8) is 0 Å². The van der Waals surface area contributed by atoms with Crippen LogP contribution in [0.4, 0.5) is 0 Å². The molecule has 0 aromatic heterocycles. The molecule has 0 aromatic carbocycles. The van der Waals surface area contributed by atoms with Crippen LogP contribution in [0.25, 0.3) is 0 Å². The van der Waals surface area contributed by atoms with Crippen molar-refractivity contribution in [3.8, 4) is 0 Å². The molecule has 0 amide bonds. The third-order valence-corrected chi connectivity index (χ3v) is 18.1. The Morgan fingerprint density at radius 2 is 0.620 bits per heavy atom. The molecule has 0 fully saturated rings. The molecule has 0 N–H and O–H groups in total. The van der Waals surface area contributed by atoms with Crippen molar-refractivity contribution in [2.75, 3.05) is 47.5 Å². The summed E-state index contributed by atoms with van der Waals surface area (Å²) in [6.45, 7) is 4.17. The van der Waals surface area contributed by atoms with E-state index in [0.29, 0.717) is 17.4 Å². The van der Waals surface area contributed by atoms with Gasteiger partial charge in [-0.1, -0.05) is 349 Å². The summed E-state index contributed by atoms with van der Waals surface area (Å²) in [5.41, 5.74) is 0. The number of phosphoric ester groups is 1. The summed E-state index contributed by atoms with van der Waals surface area (Å²) in [7, 11) is 1.18. The lowest BCUT2D eigenvalue weighted by molar-refractivity contribution is -0.870. The number of quaternary nitrogens is 1. The highest BCUT2D eigenvalue weighted by Gasteiger charge is 2.22. The topological polar surface area (TPSA) is 111 Å². The van der Waals surface area contributed by atoms with Gasteiger partial charge in [-0.05, 0) is 96.3 Å². The van der Waals surface area contributed by atoms with Crippen LogP contribution in [-0.2, 0) is 32.7 Å². The summed E-state index contributed by atoms with van der Waals surface area (Å²) in [4.78, 5) is 38.2. The van der Waals surface area contributed by atoms with Crippen LogP contribution >= 0.6 is 7.82 Å². The number of allylic oxidation sites excluding steroid dienone is 16. The molecule has 0 radical (unpaired) electrons. The van der Waals surface area contributed by atoms with Crippen LogP contribution in [0.5, 0.6) is 0 Å². The van der Waals surface area contributed by atoms with Crippen molar-refractivity contribution < 1.29 is 42.1 Å². The first-order valence-electron chi connectivity index (χ1n) is 38.9. The molecule has 0 bridgehead atoms. The summed E-state index contributed by atoms with van der Waals surface area (Å²) >= 11 is 0. The largest absolute Gasteiger partial charge is 0.756 e. The number of nitrogens with zero attached hydrogens (tertiary/aromatic N) is 1. The third kappa shape index (κ3) is 76.0. The normalized spacial score (nSPS) is 13.6. The molecular weight excluding hydrogens is 1160 g/mol. The number of hydrogen-bond donors (Lipinski definition) is 0. The monoisotopic (exact) mass is 1310 g/mol. The fourth-order valence-electron chi connectivity index (χ4n) is 11.2. The highest BCUT2D eigenvalue weighted by Crippen LogP contribution is 2.38. The van der Waals surface area contributed by atoms with E-state index < -0.39 is 26.5 Å². The van der Waals surface area contributed by atoms with E-state index in [2.05, 4.69) is 111 Å². The van der Waals surface area contributed by atoms with Gasteiger partial charge in [0, 0.05) is 12.8 Å². The van der Waals surface area contributed by atoms with Crippen LogP contribution in [0, 0.1) is 0 Å². The van der Waals surface area contributed by atoms with Crippen molar-refractivity contribution in [1.29, 1.82) is 0 Å². The van der Waals surface area contributed by atoms with Crippen LogP contribution in [-0.4, -0.2) is 70.0 Å². The first-order chi connectivity index (χ1) is 45.0. The van der Waals surface area contributed by atoms with Gasteiger partial charge < -0.3 is 27.9 Å². The number of hydrogen-bond acceptors (Lipinski definition) is 8. The number of carbonyl (C=O) groups excluding carboxylic acids is 2. The zero-order valence-corrected chi connectivity index (χ0v) is 61.9. The molecule has 0 aromatic rings. The van der Waals surface area contributed by atoms with Gasteiger partial charge in [-0.2, -0.15) is 0 Å². The van der Waals surface area contributed by atoms with Crippen molar-refractivity contribution in [1.82, 2.24) is 0 Å². The zero-order chi connectivity index (χ0) is 66.9. The Labute approximate surface area is 570 Å². The molecule has 0 saturated heterocycles. The summed E-state index contributed by atoms with van der Waals surface area (Å²) in [5.74, 6) is -0.817. The number of esters is 2. The predicted molar refractivity (Wildman–Crippen MR) is 397 cm³/mol. The van der Waals surface area contributed by atoms with Gasteiger partial charge in [-0.3, -0.25) is 14.2 Å². The van der Waals surface area contributed by atoms with E-state index >= 15 is 0 Å². The first-order valence-corrected chi connectivity index (χ1v) is 40.4. The van der Waals surface area contributed by atoms with E-state index in [0.717, 1.165) is 83.5 Å². The fourth-order valence-corrected chi connectivity index (χ4v) is 11.9. The lowest BCUT2D eigenvalue weighted by Gasteiger charge is -2.28. The quantitative estimate of drug-likeness (QED) is 0.0195. The minimum Gasteiger partial charge on any atom is -0.756 e. The SMILES string of the molecule is CC/C=C\C/C=C\C/C=C\C/C=C\C/C=C\C/C=C\CCCCCCCCCCCCCCCCCCCCCCC(=O)OC(COC(=O)CCCCCCCCCCCCCCCCCCC/C=C\C/C=C\CCCCCCC)COP(=O)([O-])OCC[N+](C)(C)C. The molecule has 92 heavy (non-hydrogen) atoms. The van der Waals surface area contributed by atoms with Crippen molar-refractivity contribution in [2.24, 2.45) is 0 Å². The van der Waals surface area contributed by atoms with E-state index in [1.807, 2.05) is 21.1 Å². The Kier molecular flexibility index (Phi) is 69.8. The second-order valence-corrected chi connectivity index (χ2v) is 28.8. The maximum absolute atomic E-state index is 12.9. The van der Waals surface area contributed by atoms with Crippen LogP contribution < -0.4 is 4.89 Å². The van der Waals surface area contributed by atoms with Gasteiger partial charge in [0.05, 0.1) is 27.7 Å². The van der Waals surface area contributed by atoms with Gasteiger partial charge in [-0.25, -0.2) is 0 Å². The van der Waals surface area contributed by atoms with Gasteiger partial charge in [0.25, 0.3) is 7.82 Å². The molecule has 534 valence electrons. The minimum absolute atomic E-state index is 0.0309. The van der Waals surface area contributed by atoms with Gasteiger partial charge >= 0.3 is 11.9 Å². The average molecular weight is 1310 g/mol. The highest BCUT2D eigenvalue weighted by molar-refractivity contribution is 7.45. The number of likely N-dealkylation sites (N-methyl/N-ethyl adjacent to an activating group) is 1. The van der Waals surface area contributed by atoms with E-state index in [1.165, 1.54) is 244 Å². The second kappa shape index (κ2) is 72.2. The number of phosphoric acid groups is 1. The molecule has 0 rings (SSSR count). The van der Waals surface area contributed by atoms with E-state index in [1.54, 1.807) is 0 Å². The number of rotatable bonds is 72. The number of ether oxygens (including phenoxy) is 2. The maximum atomic E-state index is 12.9. The van der Waals surface area contributed by atoms with Crippen molar-refractivity contribution in [3.05, 3.63) is 97.2 Å². The lowest BCUT2D eigenvalue weighted by Crippen LogP contribution is -2.37. The first kappa shape index (κ1) is 88.9. The predicted octanol–water partition coefficient (Wildman–Crippen LogP) is 25.2. The van der Waals surface area contributed by atoms with Crippen molar-refractivity contribution >= 4 is 19.8 Å². The van der Waals surface area contributed by atoms with Gasteiger partial charge in [0.15, 0.2) is 6.10 Å². The van der Waals surface area contributed by atoms with Crippen LogP contribution in [0.15, 0.2) is 97.2 Å². The van der Waals surface area contributed by atoms with Crippen LogP contribution in [0.2, 0.25) is 0 Å². The molecule has 9 nitrogen and oxygen atoms in total. The molecule has 0 heterocycles. The molecule has 2 atom stereocenters. The smallest absolute Gasteiger partial charge is 0.306 e. The summed E-state index contributed by atoms with van der Waals surface area (Å²) in [6, 6.07) is 0. The number of carbonyl (C=O) groups is 2. The molecule has 0 aliphatic rings. The van der Waals surface area contributed by atoms with E-state index in [-0.39, 0.29) is 32.0 Å². The molecule has 0 spiro atoms. The Bertz CT molecular complexity index is 1880. The standard InChI is InChI=1S/C82H148NO8P/c1-6-8-10-12-14-16-18-20-22-24-26-28-30-32-34-36-37-38-39-40-41-42-43-44-45-47-49-51-53-55-57-59-61-63-65-67-69-71-73-75-82(85)91-80(79-90-92(86,87)89-77-76-83(3,4)5)78-88-81(84)74-72-70-68-66-64-62-60-58-56-54-52-50-48-46-35-33-31-29-27-25-23-21-19-17-15-13-11-9-7-2/h8,10,14,16,19-22,25-28,32,34,37-38,80H,6-7,9,11-13,15,17-18,23-24,29-31,33,35-36,39-79H2,1-5H3/b10-8-,16-14-,21-19-,22-20-,27-25-,28-26-,34-32-,38-37-. The third-order valence-electron chi connectivity index (χ3n) is 17.1. The molecule has 10 heteroatoms. The van der Waals surface area contributed by atoms with Gasteiger partial charge in [0.2, 0.25) is 0 Å². The Morgan fingerprint density at radius 3 is 0.924 bits per heavy atom. The van der Waals surface area contributed by atoms with E-state index in [4.69, 9.17) is 18.5 Å². The molecular formula is C82H148NO8P. The second-order valence-electron chi connectivity index (χ2n) is 27.3. The Hall–Kier alpha value is -3.07. The summed E-state index contributed by atoms with van der Waals surface area (Å²) < 4.78 is 34.4. The summed E-state index contributed by atoms with van der Waals surface area (Å²) in [6.07, 6.45) is 101. The maximum Gasteiger partial charge on any atom is 0.306 e. The zero-order valence-electron chi connectivity index (χ0n) is 61.0. The van der Waals surface area contributed by atoms with Gasteiger partial charge in [0.1, 0.15) is 19.8 Å². The molecule has 0 saturated carbocycles. The number of unbranched alkanes of at least 4 members (excludes halogenated alkanes) is 42. The Morgan fingerprint density at radius 1 is 0.348 bits per heavy atom. The molecule has 0 aliphatic carbocycles. The highest BCUT2D eigenvalue weighted by atomic mass is 31.2.